The Hall–Kier alpha value is -2.80. The molecule has 0 aromatic heterocycles. The molecule has 2 saturated carbocycles. The van der Waals surface area contributed by atoms with E-state index in [1.54, 1.807) is 12.1 Å². The zero-order chi connectivity index (χ0) is 24.2. The molecule has 4 heteroatoms. The maximum Gasteiger partial charge on any atom is 0.174 e. The molecule has 0 radical (unpaired) electrons. The number of aryl methyl sites for hydroxylation is 1. The van der Waals surface area contributed by atoms with Crippen molar-refractivity contribution in [3.05, 3.63) is 95.1 Å². The molecule has 0 saturated heterocycles. The minimum Gasteiger partial charge on any atom is -0.203 e. The first-order valence-electron chi connectivity index (χ1n) is 12.1. The predicted octanol–water partition coefficient (Wildman–Crippen LogP) is 8.25. The summed E-state index contributed by atoms with van der Waals surface area (Å²) in [6.07, 6.45) is 10.7. The Morgan fingerprint density at radius 2 is 1.41 bits per heavy atom. The van der Waals surface area contributed by atoms with Gasteiger partial charge in [-0.25, -0.2) is 17.6 Å². The Bertz CT molecular complexity index is 1140. The predicted molar refractivity (Wildman–Crippen MR) is 128 cm³/mol. The Morgan fingerprint density at radius 3 is 2.12 bits per heavy atom. The molecule has 0 aliphatic heterocycles. The Kier molecular flexibility index (Phi) is 7.61. The maximum atomic E-state index is 15.0. The number of allylic oxidation sites excluding steroid dienone is 2. The van der Waals surface area contributed by atoms with E-state index in [4.69, 9.17) is 0 Å². The van der Waals surface area contributed by atoms with E-state index in [0.717, 1.165) is 38.5 Å². The average Bonchev–Trinajstić information content (AvgIpc) is 2.86. The molecule has 2 aromatic carbocycles. The molecule has 0 bridgehead atoms. The van der Waals surface area contributed by atoms with Crippen molar-refractivity contribution in [1.29, 1.82) is 0 Å². The van der Waals surface area contributed by atoms with Gasteiger partial charge in [0.2, 0.25) is 0 Å². The second kappa shape index (κ2) is 10.6. The Morgan fingerprint density at radius 1 is 0.765 bits per heavy atom. The number of rotatable bonds is 5. The summed E-state index contributed by atoms with van der Waals surface area (Å²) in [5, 5.41) is 0. The largest absolute Gasteiger partial charge is 0.203 e. The van der Waals surface area contributed by atoms with Crippen LogP contribution in [0.5, 0.6) is 0 Å². The van der Waals surface area contributed by atoms with Crippen LogP contribution in [0.2, 0.25) is 0 Å². The van der Waals surface area contributed by atoms with Gasteiger partial charge in [0.1, 0.15) is 0 Å². The van der Waals surface area contributed by atoms with Gasteiger partial charge in [0.15, 0.2) is 23.3 Å². The average molecular weight is 467 g/mol. The quantitative estimate of drug-likeness (QED) is 0.236. The zero-order valence-corrected chi connectivity index (χ0v) is 19.4. The van der Waals surface area contributed by atoms with Gasteiger partial charge in [0, 0.05) is 0 Å². The van der Waals surface area contributed by atoms with Crippen molar-refractivity contribution >= 4 is 0 Å². The van der Waals surface area contributed by atoms with Crippen LogP contribution >= 0.6 is 0 Å². The lowest BCUT2D eigenvalue weighted by molar-refractivity contribution is 0.132. The fourth-order valence-electron chi connectivity index (χ4n) is 5.67. The van der Waals surface area contributed by atoms with Crippen LogP contribution in [0, 0.1) is 52.9 Å². The molecule has 0 heterocycles. The molecule has 2 fully saturated rings. The highest BCUT2D eigenvalue weighted by molar-refractivity contribution is 5.46. The first-order chi connectivity index (χ1) is 16.4. The van der Waals surface area contributed by atoms with Crippen molar-refractivity contribution in [2.24, 2.45) is 17.8 Å². The van der Waals surface area contributed by atoms with E-state index in [1.165, 1.54) is 18.2 Å². The summed E-state index contributed by atoms with van der Waals surface area (Å²) in [5.74, 6) is 2.78. The van der Waals surface area contributed by atoms with Crippen LogP contribution in [0.4, 0.5) is 17.6 Å². The van der Waals surface area contributed by atoms with Gasteiger partial charge in [-0.1, -0.05) is 36.1 Å². The molecule has 2 aromatic rings. The molecule has 0 amide bonds. The lowest BCUT2D eigenvalue weighted by atomic mass is 9.64. The first-order valence-corrected chi connectivity index (χ1v) is 12.1. The van der Waals surface area contributed by atoms with Crippen LogP contribution in [0.1, 0.15) is 73.1 Å². The Balaban J connectivity index is 1.51. The second-order valence-corrected chi connectivity index (χ2v) is 9.65. The minimum atomic E-state index is -1.07. The van der Waals surface area contributed by atoms with Crippen molar-refractivity contribution in [3.8, 4) is 11.8 Å². The van der Waals surface area contributed by atoms with Gasteiger partial charge >= 0.3 is 0 Å². The summed E-state index contributed by atoms with van der Waals surface area (Å²) < 4.78 is 58.5. The van der Waals surface area contributed by atoms with Crippen LogP contribution in [-0.2, 0) is 6.42 Å². The molecule has 4 rings (SSSR count). The topological polar surface area (TPSA) is 0 Å². The van der Waals surface area contributed by atoms with E-state index in [2.05, 4.69) is 31.1 Å². The van der Waals surface area contributed by atoms with Crippen molar-refractivity contribution in [3.63, 3.8) is 0 Å². The first kappa shape index (κ1) is 24.3. The summed E-state index contributed by atoms with van der Waals surface area (Å²) in [6, 6.07) is 5.89. The van der Waals surface area contributed by atoms with Gasteiger partial charge < -0.3 is 0 Å². The summed E-state index contributed by atoms with van der Waals surface area (Å²) in [6.45, 7) is 7.50. The van der Waals surface area contributed by atoms with E-state index in [9.17, 15) is 13.2 Å². The maximum absolute atomic E-state index is 15.0. The van der Waals surface area contributed by atoms with Crippen LogP contribution in [0.25, 0.3) is 0 Å². The fraction of sp³-hybridized carbons (Fsp3) is 0.400. The van der Waals surface area contributed by atoms with Gasteiger partial charge in [-0.15, -0.1) is 13.2 Å². The monoisotopic (exact) mass is 466 g/mol. The van der Waals surface area contributed by atoms with Crippen LogP contribution in [0.15, 0.2) is 49.6 Å². The van der Waals surface area contributed by atoms with Crippen molar-refractivity contribution in [2.45, 2.75) is 57.3 Å². The van der Waals surface area contributed by atoms with Gasteiger partial charge in [0.25, 0.3) is 0 Å². The third kappa shape index (κ3) is 4.99. The van der Waals surface area contributed by atoms with E-state index in [1.807, 2.05) is 0 Å². The molecule has 4 unspecified atom stereocenters. The smallest absolute Gasteiger partial charge is 0.174 e. The number of hydrogen-bond donors (Lipinski definition) is 0. The molecule has 0 N–H and O–H groups in total. The van der Waals surface area contributed by atoms with E-state index in [-0.39, 0.29) is 22.6 Å². The molecule has 2 aliphatic rings. The molecule has 34 heavy (non-hydrogen) atoms. The van der Waals surface area contributed by atoms with E-state index in [0.29, 0.717) is 36.2 Å². The van der Waals surface area contributed by atoms with Gasteiger partial charge in [-0.3, -0.25) is 0 Å². The molecular formula is C30H30F4. The third-order valence-electron chi connectivity index (χ3n) is 7.65. The summed E-state index contributed by atoms with van der Waals surface area (Å²) in [7, 11) is 0. The van der Waals surface area contributed by atoms with Crippen molar-refractivity contribution < 1.29 is 17.6 Å². The number of hydrogen-bond acceptors (Lipinski definition) is 0. The fourth-order valence-corrected chi connectivity index (χ4v) is 5.67. The van der Waals surface area contributed by atoms with Crippen LogP contribution < -0.4 is 0 Å². The number of benzene rings is 2. The van der Waals surface area contributed by atoms with Crippen LogP contribution in [0.3, 0.4) is 0 Å². The summed E-state index contributed by atoms with van der Waals surface area (Å²) >= 11 is 0. The number of halogens is 4. The normalized spacial score (nSPS) is 24.0. The highest BCUT2D eigenvalue weighted by atomic mass is 19.2. The van der Waals surface area contributed by atoms with Crippen molar-refractivity contribution in [1.82, 2.24) is 0 Å². The summed E-state index contributed by atoms with van der Waals surface area (Å²) in [5.41, 5.74) is 0.294. The molecule has 0 spiro atoms. The zero-order valence-electron chi connectivity index (χ0n) is 19.4. The van der Waals surface area contributed by atoms with Crippen molar-refractivity contribution in [2.75, 3.05) is 0 Å². The molecule has 2 aliphatic carbocycles. The highest BCUT2D eigenvalue weighted by Gasteiger charge is 2.36. The number of fused-ring (bicyclic) bond motifs is 1. The van der Waals surface area contributed by atoms with Gasteiger partial charge in [0.05, 0.1) is 11.1 Å². The molecule has 0 nitrogen and oxygen atoms in total. The summed E-state index contributed by atoms with van der Waals surface area (Å²) in [4.78, 5) is 0. The van der Waals surface area contributed by atoms with E-state index < -0.39 is 23.3 Å². The molecule has 178 valence electrons. The van der Waals surface area contributed by atoms with Gasteiger partial charge in [-0.2, -0.15) is 0 Å². The van der Waals surface area contributed by atoms with Gasteiger partial charge in [-0.05, 0) is 98.3 Å². The highest BCUT2D eigenvalue weighted by Crippen LogP contribution is 2.48. The standard InChI is InChI=1S/C30H30F4/c1-3-5-6-20-9-10-21(28(32)27(20)31)11-12-22-15-16-26(30(34)29(22)33)25-14-13-23-17-19(4-2)7-8-24(23)18-25/h3-4,9-10,15-16,19,23-25H,1-2,5-8,13-14,17-18H2. The lowest BCUT2D eigenvalue weighted by Gasteiger charge is -2.41. The SMILES string of the molecule is C=CCCc1ccc(C#Cc2ccc(C3CCC4CC(C=C)CCC4C3)c(F)c2F)c(F)c1F. The second-order valence-electron chi connectivity index (χ2n) is 9.65. The third-order valence-corrected chi connectivity index (χ3v) is 7.65. The Labute approximate surface area is 199 Å². The molecular weight excluding hydrogens is 436 g/mol. The van der Waals surface area contributed by atoms with Crippen LogP contribution in [-0.4, -0.2) is 0 Å². The minimum absolute atomic E-state index is 0.00677. The lowest BCUT2D eigenvalue weighted by Crippen LogP contribution is -2.30. The van der Waals surface area contributed by atoms with E-state index >= 15 is 4.39 Å². The molecule has 4 atom stereocenters.